The summed E-state index contributed by atoms with van der Waals surface area (Å²) in [7, 11) is -1.46. The van der Waals surface area contributed by atoms with Crippen LogP contribution in [0.2, 0.25) is 0 Å². The minimum absolute atomic E-state index is 0.317. The Morgan fingerprint density at radius 2 is 2.15 bits per heavy atom. The molecular formula is C8H10BNO3. The van der Waals surface area contributed by atoms with Gasteiger partial charge in [-0.3, -0.25) is 0 Å². The molecule has 13 heavy (non-hydrogen) atoms. The van der Waals surface area contributed by atoms with Gasteiger partial charge in [0.2, 0.25) is 5.88 Å². The summed E-state index contributed by atoms with van der Waals surface area (Å²) >= 11 is 0. The molecule has 0 atom stereocenters. The van der Waals surface area contributed by atoms with Gasteiger partial charge >= 0.3 is 7.12 Å². The highest BCUT2D eigenvalue weighted by molar-refractivity contribution is 6.58. The number of nitrogens with zero attached hydrogens (tertiary/aromatic N) is 1. The van der Waals surface area contributed by atoms with Crippen molar-refractivity contribution in [3.63, 3.8) is 0 Å². The average molecular weight is 179 g/mol. The van der Waals surface area contributed by atoms with Crippen molar-refractivity contribution in [2.24, 2.45) is 0 Å². The first kappa shape index (κ1) is 8.53. The van der Waals surface area contributed by atoms with E-state index in [1.807, 2.05) is 0 Å². The van der Waals surface area contributed by atoms with Gasteiger partial charge in [0.15, 0.2) is 0 Å². The van der Waals surface area contributed by atoms with Gasteiger partial charge in [-0.1, -0.05) is 6.07 Å². The topological polar surface area (TPSA) is 62.6 Å². The maximum Gasteiger partial charge on any atom is 0.490 e. The van der Waals surface area contributed by atoms with E-state index < -0.39 is 7.12 Å². The minimum atomic E-state index is -1.46. The maximum absolute atomic E-state index is 8.78. The third-order valence-electron chi connectivity index (χ3n) is 1.87. The standard InChI is InChI=1S/C8H10BNO3/c11-9(12)6-1-4-8(10-5-6)13-7-2-3-7/h1,4-5,7,11-12H,2-3H2. The smallest absolute Gasteiger partial charge is 0.474 e. The average Bonchev–Trinajstić information content (AvgIpc) is 2.89. The van der Waals surface area contributed by atoms with Crippen LogP contribution in [0.15, 0.2) is 18.3 Å². The lowest BCUT2D eigenvalue weighted by atomic mass is 9.82. The molecule has 1 aliphatic rings. The summed E-state index contributed by atoms with van der Waals surface area (Å²) in [6.07, 6.45) is 3.90. The molecule has 2 rings (SSSR count). The fraction of sp³-hybridized carbons (Fsp3) is 0.375. The van der Waals surface area contributed by atoms with E-state index in [2.05, 4.69) is 4.98 Å². The summed E-state index contributed by atoms with van der Waals surface area (Å²) in [5.74, 6) is 0.548. The van der Waals surface area contributed by atoms with Crippen LogP contribution >= 0.6 is 0 Å². The van der Waals surface area contributed by atoms with E-state index in [1.54, 1.807) is 12.1 Å². The maximum atomic E-state index is 8.78. The molecule has 1 aliphatic carbocycles. The Hall–Kier alpha value is -1.07. The first-order chi connectivity index (χ1) is 6.25. The molecular weight excluding hydrogens is 169 g/mol. The van der Waals surface area contributed by atoms with Gasteiger partial charge < -0.3 is 14.8 Å². The van der Waals surface area contributed by atoms with Gasteiger partial charge in [-0.2, -0.15) is 0 Å². The number of ether oxygens (including phenoxy) is 1. The molecule has 0 amide bonds. The van der Waals surface area contributed by atoms with Gasteiger partial charge in [-0.25, -0.2) is 4.98 Å². The molecule has 1 aromatic heterocycles. The van der Waals surface area contributed by atoms with Crippen molar-refractivity contribution in [1.29, 1.82) is 0 Å². The van der Waals surface area contributed by atoms with Crippen LogP contribution in [0, 0.1) is 0 Å². The molecule has 2 N–H and O–H groups in total. The summed E-state index contributed by atoms with van der Waals surface area (Å²) < 4.78 is 5.39. The van der Waals surface area contributed by atoms with Crippen LogP contribution in [-0.4, -0.2) is 28.3 Å². The Balaban J connectivity index is 2.04. The first-order valence-electron chi connectivity index (χ1n) is 4.24. The van der Waals surface area contributed by atoms with Gasteiger partial charge in [0.05, 0.1) is 0 Å². The minimum Gasteiger partial charge on any atom is -0.474 e. The zero-order chi connectivity index (χ0) is 9.26. The molecule has 68 valence electrons. The normalized spacial score (nSPS) is 15.5. The van der Waals surface area contributed by atoms with E-state index in [-0.39, 0.29) is 0 Å². The first-order valence-corrected chi connectivity index (χ1v) is 4.24. The number of hydrogen-bond donors (Lipinski definition) is 2. The molecule has 0 aromatic carbocycles. The molecule has 1 saturated carbocycles. The summed E-state index contributed by atoms with van der Waals surface area (Å²) in [6, 6.07) is 3.24. The van der Waals surface area contributed by atoms with Crippen molar-refractivity contribution >= 4 is 12.6 Å². The van der Waals surface area contributed by atoms with Gasteiger partial charge in [0.25, 0.3) is 0 Å². The fourth-order valence-corrected chi connectivity index (χ4v) is 0.971. The predicted octanol–water partition coefficient (Wildman–Crippen LogP) is -0.697. The van der Waals surface area contributed by atoms with Crippen molar-refractivity contribution in [3.05, 3.63) is 18.3 Å². The number of rotatable bonds is 3. The van der Waals surface area contributed by atoms with Crippen molar-refractivity contribution in [2.45, 2.75) is 18.9 Å². The second kappa shape index (κ2) is 3.36. The Morgan fingerprint density at radius 3 is 2.62 bits per heavy atom. The van der Waals surface area contributed by atoms with Crippen molar-refractivity contribution in [3.8, 4) is 5.88 Å². The summed E-state index contributed by atoms with van der Waals surface area (Å²) in [5.41, 5.74) is 0.378. The molecule has 0 saturated heterocycles. The van der Waals surface area contributed by atoms with Gasteiger partial charge in [0, 0.05) is 11.7 Å². The lowest BCUT2D eigenvalue weighted by Crippen LogP contribution is -2.29. The highest BCUT2D eigenvalue weighted by atomic mass is 16.5. The molecule has 0 unspecified atom stereocenters. The van der Waals surface area contributed by atoms with Crippen LogP contribution in [0.25, 0.3) is 0 Å². The lowest BCUT2D eigenvalue weighted by Gasteiger charge is -2.03. The van der Waals surface area contributed by atoms with E-state index in [4.69, 9.17) is 14.8 Å². The number of aromatic nitrogens is 1. The molecule has 1 aromatic rings. The number of hydrogen-bond acceptors (Lipinski definition) is 4. The third kappa shape index (κ3) is 2.20. The summed E-state index contributed by atoms with van der Waals surface area (Å²) in [6.45, 7) is 0. The monoisotopic (exact) mass is 179 g/mol. The van der Waals surface area contributed by atoms with Crippen LogP contribution in [0.4, 0.5) is 0 Å². The second-order valence-electron chi connectivity index (χ2n) is 3.12. The molecule has 5 heteroatoms. The van der Waals surface area contributed by atoms with Gasteiger partial charge in [0.1, 0.15) is 6.10 Å². The summed E-state index contributed by atoms with van der Waals surface area (Å²) in [5, 5.41) is 17.6. The van der Waals surface area contributed by atoms with Crippen LogP contribution in [0.5, 0.6) is 5.88 Å². The van der Waals surface area contributed by atoms with Crippen LogP contribution in [0.1, 0.15) is 12.8 Å². The van der Waals surface area contributed by atoms with Crippen molar-refractivity contribution in [1.82, 2.24) is 4.98 Å². The lowest BCUT2D eigenvalue weighted by molar-refractivity contribution is 0.291. The van der Waals surface area contributed by atoms with Crippen molar-refractivity contribution in [2.75, 3.05) is 0 Å². The van der Waals surface area contributed by atoms with Crippen LogP contribution in [0.3, 0.4) is 0 Å². The third-order valence-corrected chi connectivity index (χ3v) is 1.87. The molecule has 0 spiro atoms. The summed E-state index contributed by atoms with van der Waals surface area (Å²) in [4.78, 5) is 3.94. The molecule has 1 fully saturated rings. The quantitative estimate of drug-likeness (QED) is 0.602. The fourth-order valence-electron chi connectivity index (χ4n) is 0.971. The van der Waals surface area contributed by atoms with Gasteiger partial charge in [-0.05, 0) is 18.9 Å². The molecule has 0 radical (unpaired) electrons. The second-order valence-corrected chi connectivity index (χ2v) is 3.12. The Morgan fingerprint density at radius 1 is 1.38 bits per heavy atom. The van der Waals surface area contributed by atoms with E-state index in [9.17, 15) is 0 Å². The van der Waals surface area contributed by atoms with Crippen LogP contribution in [-0.2, 0) is 0 Å². The Bertz CT molecular complexity index is 284. The molecule has 4 nitrogen and oxygen atoms in total. The molecule has 0 aliphatic heterocycles. The van der Waals surface area contributed by atoms with Crippen LogP contribution < -0.4 is 10.2 Å². The number of pyridine rings is 1. The zero-order valence-corrected chi connectivity index (χ0v) is 7.05. The molecule has 1 heterocycles. The van der Waals surface area contributed by atoms with Crippen molar-refractivity contribution < 1.29 is 14.8 Å². The van der Waals surface area contributed by atoms with E-state index in [0.29, 0.717) is 17.4 Å². The van der Waals surface area contributed by atoms with Gasteiger partial charge in [-0.15, -0.1) is 0 Å². The predicted molar refractivity (Wildman–Crippen MR) is 47.7 cm³/mol. The van der Waals surface area contributed by atoms with E-state index in [0.717, 1.165) is 12.8 Å². The zero-order valence-electron chi connectivity index (χ0n) is 7.05. The SMILES string of the molecule is OB(O)c1ccc(OC2CC2)nc1. The largest absolute Gasteiger partial charge is 0.490 e. The Kier molecular flexibility index (Phi) is 2.20. The van der Waals surface area contributed by atoms with E-state index >= 15 is 0 Å². The Labute approximate surface area is 76.3 Å². The van der Waals surface area contributed by atoms with E-state index in [1.165, 1.54) is 6.20 Å². The highest BCUT2D eigenvalue weighted by Gasteiger charge is 2.24. The highest BCUT2D eigenvalue weighted by Crippen LogP contribution is 2.24. The molecule has 0 bridgehead atoms.